The maximum absolute atomic E-state index is 11.6. The highest BCUT2D eigenvalue weighted by atomic mass is 16.8. The van der Waals surface area contributed by atoms with Gasteiger partial charge in [-0.05, 0) is 41.8 Å². The molecule has 2 aliphatic rings. The van der Waals surface area contributed by atoms with Gasteiger partial charge in [-0.15, -0.1) is 0 Å². The number of likely N-dealkylation sites (tertiary alicyclic amines) is 1. The zero-order valence-electron chi connectivity index (χ0n) is 14.8. The summed E-state index contributed by atoms with van der Waals surface area (Å²) in [7, 11) is 0. The molecule has 2 saturated heterocycles. The number of rotatable bonds is 3. The fourth-order valence-electron chi connectivity index (χ4n) is 3.80. The molecule has 0 amide bonds. The van der Waals surface area contributed by atoms with Gasteiger partial charge in [-0.2, -0.15) is 4.98 Å². The predicted octanol–water partition coefficient (Wildman–Crippen LogP) is 1.54. The number of carbonyl (C=O) groups excluding carboxylic acids is 2. The third-order valence-corrected chi connectivity index (χ3v) is 5.14. The Bertz CT molecular complexity index is 1070. The van der Waals surface area contributed by atoms with E-state index in [-0.39, 0.29) is 5.95 Å². The van der Waals surface area contributed by atoms with Crippen LogP contribution in [0.4, 0.5) is 5.95 Å². The first-order valence-electron chi connectivity index (χ1n) is 8.95. The summed E-state index contributed by atoms with van der Waals surface area (Å²) >= 11 is 0. The Labute approximate surface area is 158 Å². The van der Waals surface area contributed by atoms with Crippen LogP contribution in [-0.2, 0) is 25.6 Å². The van der Waals surface area contributed by atoms with E-state index in [1.165, 1.54) is 0 Å². The number of anilines is 1. The molecule has 1 spiro atoms. The first kappa shape index (κ1) is 16.8. The second-order valence-corrected chi connectivity index (χ2v) is 6.90. The van der Waals surface area contributed by atoms with Crippen LogP contribution >= 0.6 is 0 Å². The number of aromatic amines is 1. The van der Waals surface area contributed by atoms with E-state index in [0.717, 1.165) is 34.9 Å². The summed E-state index contributed by atoms with van der Waals surface area (Å²) in [6.07, 6.45) is 4.08. The molecular formula is C18H17N5O5. The average Bonchev–Trinajstić information content (AvgIpc) is 3.36. The number of nitrogens with zero attached hydrogens (tertiary/aromatic N) is 3. The molecule has 5 rings (SSSR count). The molecule has 144 valence electrons. The number of H-pyrrole nitrogens is 1. The molecule has 0 saturated carbocycles. The van der Waals surface area contributed by atoms with Crippen molar-refractivity contribution < 1.29 is 23.6 Å². The van der Waals surface area contributed by atoms with Crippen molar-refractivity contribution in [2.45, 2.75) is 31.7 Å². The van der Waals surface area contributed by atoms with Crippen LogP contribution in [0.1, 0.15) is 24.8 Å². The lowest BCUT2D eigenvalue weighted by Crippen LogP contribution is -2.52. The molecule has 3 aromatic rings. The number of aromatic nitrogens is 3. The summed E-state index contributed by atoms with van der Waals surface area (Å²) in [5.41, 5.74) is 8.17. The largest absolute Gasteiger partial charge is 0.421 e. The van der Waals surface area contributed by atoms with Gasteiger partial charge in [-0.1, -0.05) is 0 Å². The zero-order chi connectivity index (χ0) is 19.3. The number of hydrogen-bond donors (Lipinski definition) is 2. The second kappa shape index (κ2) is 6.06. The molecule has 0 radical (unpaired) electrons. The van der Waals surface area contributed by atoms with Crippen molar-refractivity contribution in [1.29, 1.82) is 0 Å². The standard InChI is InChI=1S/C18H17N5O5/c19-17-21-14(28-22-17)10-3-4-13-12(7-10)11(8-20-13)9-23-6-2-1-5-18(23)26-15(24)16(25)27-18/h3-4,7-8,20H,1-2,5-6,9H2,(H2,19,22). The Morgan fingerprint density at radius 1 is 1.21 bits per heavy atom. The maximum atomic E-state index is 11.6. The van der Waals surface area contributed by atoms with E-state index in [4.69, 9.17) is 19.7 Å². The summed E-state index contributed by atoms with van der Waals surface area (Å²) in [6, 6.07) is 5.70. The number of nitrogen functional groups attached to an aromatic ring is 1. The van der Waals surface area contributed by atoms with Gasteiger partial charge in [-0.3, -0.25) is 0 Å². The third kappa shape index (κ3) is 2.61. The quantitative estimate of drug-likeness (QED) is 0.509. The number of nitrogens with one attached hydrogen (secondary N) is 1. The molecule has 0 bridgehead atoms. The van der Waals surface area contributed by atoms with E-state index in [0.29, 0.717) is 25.4 Å². The van der Waals surface area contributed by atoms with Gasteiger partial charge < -0.3 is 24.7 Å². The molecule has 3 N–H and O–H groups in total. The summed E-state index contributed by atoms with van der Waals surface area (Å²) < 4.78 is 15.8. The molecule has 4 heterocycles. The first-order chi connectivity index (χ1) is 13.5. The van der Waals surface area contributed by atoms with Crippen molar-refractivity contribution in [1.82, 2.24) is 20.0 Å². The number of piperidine rings is 1. The Kier molecular flexibility index (Phi) is 3.63. The Hall–Kier alpha value is -3.40. The lowest BCUT2D eigenvalue weighted by atomic mass is 10.0. The lowest BCUT2D eigenvalue weighted by Gasteiger charge is -2.40. The van der Waals surface area contributed by atoms with E-state index in [9.17, 15) is 9.59 Å². The first-order valence-corrected chi connectivity index (χ1v) is 8.95. The third-order valence-electron chi connectivity index (χ3n) is 5.14. The number of benzene rings is 1. The molecule has 0 aliphatic carbocycles. The Morgan fingerprint density at radius 2 is 2.04 bits per heavy atom. The molecule has 10 nitrogen and oxygen atoms in total. The van der Waals surface area contributed by atoms with Crippen molar-refractivity contribution in [2.75, 3.05) is 12.3 Å². The normalized spacial score (nSPS) is 19.3. The monoisotopic (exact) mass is 383 g/mol. The van der Waals surface area contributed by atoms with E-state index in [1.807, 2.05) is 29.3 Å². The smallest absolute Gasteiger partial charge is 0.400 e. The van der Waals surface area contributed by atoms with Gasteiger partial charge >= 0.3 is 17.8 Å². The zero-order valence-corrected chi connectivity index (χ0v) is 14.8. The minimum absolute atomic E-state index is 0.0736. The van der Waals surface area contributed by atoms with E-state index in [1.54, 1.807) is 0 Å². The highest BCUT2D eigenvalue weighted by molar-refractivity contribution is 6.31. The van der Waals surface area contributed by atoms with Gasteiger partial charge in [0.25, 0.3) is 11.8 Å². The summed E-state index contributed by atoms with van der Waals surface area (Å²) in [6.45, 7) is 1.09. The highest BCUT2D eigenvalue weighted by Gasteiger charge is 2.53. The minimum atomic E-state index is -1.31. The van der Waals surface area contributed by atoms with Crippen LogP contribution in [0.15, 0.2) is 28.9 Å². The molecule has 1 aromatic carbocycles. The van der Waals surface area contributed by atoms with E-state index >= 15 is 0 Å². The number of carbonyl (C=O) groups is 2. The van der Waals surface area contributed by atoms with Crippen molar-refractivity contribution in [2.24, 2.45) is 0 Å². The molecule has 2 fully saturated rings. The van der Waals surface area contributed by atoms with Crippen LogP contribution < -0.4 is 5.73 Å². The average molecular weight is 383 g/mol. The number of nitrogens with two attached hydrogens (primary N) is 1. The molecule has 0 unspecified atom stereocenters. The lowest BCUT2D eigenvalue weighted by molar-refractivity contribution is -0.266. The Morgan fingerprint density at radius 3 is 2.79 bits per heavy atom. The summed E-state index contributed by atoms with van der Waals surface area (Å²) in [5, 5.41) is 4.57. The van der Waals surface area contributed by atoms with E-state index in [2.05, 4.69) is 15.1 Å². The van der Waals surface area contributed by atoms with Crippen LogP contribution in [0, 0.1) is 0 Å². The van der Waals surface area contributed by atoms with Crippen molar-refractivity contribution in [3.63, 3.8) is 0 Å². The van der Waals surface area contributed by atoms with Crippen molar-refractivity contribution in [3.8, 4) is 11.5 Å². The minimum Gasteiger partial charge on any atom is -0.400 e. The molecule has 10 heteroatoms. The molecular weight excluding hydrogens is 366 g/mol. The van der Waals surface area contributed by atoms with Crippen molar-refractivity contribution >= 4 is 28.8 Å². The predicted molar refractivity (Wildman–Crippen MR) is 95.2 cm³/mol. The van der Waals surface area contributed by atoms with Gasteiger partial charge in [0, 0.05) is 42.2 Å². The van der Waals surface area contributed by atoms with Crippen molar-refractivity contribution in [3.05, 3.63) is 30.0 Å². The second-order valence-electron chi connectivity index (χ2n) is 6.90. The van der Waals surface area contributed by atoms with Gasteiger partial charge in [0.1, 0.15) is 0 Å². The van der Waals surface area contributed by atoms with Crippen LogP contribution in [0.5, 0.6) is 0 Å². The van der Waals surface area contributed by atoms with E-state index < -0.39 is 17.8 Å². The highest BCUT2D eigenvalue weighted by Crippen LogP contribution is 2.37. The van der Waals surface area contributed by atoms with Gasteiger partial charge in [0.2, 0.25) is 0 Å². The molecule has 28 heavy (non-hydrogen) atoms. The number of fused-ring (bicyclic) bond motifs is 1. The summed E-state index contributed by atoms with van der Waals surface area (Å²) in [5.74, 6) is -2.79. The van der Waals surface area contributed by atoms with Crippen LogP contribution in [0.2, 0.25) is 0 Å². The van der Waals surface area contributed by atoms with Gasteiger partial charge in [0.05, 0.1) is 0 Å². The molecule has 0 atom stereocenters. The molecule has 2 aromatic heterocycles. The van der Waals surface area contributed by atoms with Crippen LogP contribution in [-0.4, -0.2) is 44.4 Å². The molecule has 2 aliphatic heterocycles. The van der Waals surface area contributed by atoms with Gasteiger partial charge in [0.15, 0.2) is 0 Å². The number of esters is 2. The Balaban J connectivity index is 1.49. The van der Waals surface area contributed by atoms with Crippen LogP contribution in [0.3, 0.4) is 0 Å². The van der Waals surface area contributed by atoms with Gasteiger partial charge in [-0.25, -0.2) is 14.5 Å². The fraction of sp³-hybridized carbons (Fsp3) is 0.333. The van der Waals surface area contributed by atoms with Crippen LogP contribution in [0.25, 0.3) is 22.4 Å². The number of hydrogen-bond acceptors (Lipinski definition) is 9. The fourth-order valence-corrected chi connectivity index (χ4v) is 3.80. The maximum Gasteiger partial charge on any atom is 0.421 e. The topological polar surface area (TPSA) is 137 Å². The SMILES string of the molecule is Nc1noc(-c2ccc3[nH]cc(CN4CCCCC45OC(=O)C(=O)O5)c3c2)n1. The summed E-state index contributed by atoms with van der Waals surface area (Å²) in [4.78, 5) is 32.5. The number of ether oxygens (including phenoxy) is 2.